The molecule has 1 saturated heterocycles. The van der Waals surface area contributed by atoms with Gasteiger partial charge >= 0.3 is 12.0 Å². The zero-order valence-corrected chi connectivity index (χ0v) is 14.1. The van der Waals surface area contributed by atoms with Gasteiger partial charge in [0.15, 0.2) is 0 Å². The van der Waals surface area contributed by atoms with Gasteiger partial charge in [-0.05, 0) is 49.4 Å². The molecule has 25 heavy (non-hydrogen) atoms. The molecule has 1 fully saturated rings. The average molecular weight is 339 g/mol. The van der Waals surface area contributed by atoms with Crippen molar-refractivity contribution in [3.05, 3.63) is 59.4 Å². The van der Waals surface area contributed by atoms with Crippen LogP contribution in [0.15, 0.2) is 42.6 Å². The fourth-order valence-corrected chi connectivity index (χ4v) is 3.27. The van der Waals surface area contributed by atoms with Crippen LogP contribution in [0.25, 0.3) is 0 Å². The number of carbonyl (C=O) groups excluding carboxylic acids is 1. The predicted molar refractivity (Wildman–Crippen MR) is 94.9 cm³/mol. The third kappa shape index (κ3) is 3.96. The molecule has 0 unspecified atom stereocenters. The van der Waals surface area contributed by atoms with Crippen molar-refractivity contribution in [3.8, 4) is 0 Å². The predicted octanol–water partition coefficient (Wildman–Crippen LogP) is 3.50. The van der Waals surface area contributed by atoms with Gasteiger partial charge in [-0.1, -0.05) is 18.2 Å². The van der Waals surface area contributed by atoms with Crippen molar-refractivity contribution >= 4 is 17.7 Å². The Balaban J connectivity index is 1.62. The van der Waals surface area contributed by atoms with Gasteiger partial charge in [-0.2, -0.15) is 0 Å². The Bertz CT molecular complexity index is 783. The summed E-state index contributed by atoms with van der Waals surface area (Å²) < 4.78 is 0. The third-order valence-electron chi connectivity index (χ3n) is 4.56. The number of nitrogens with one attached hydrogen (secondary N) is 1. The maximum absolute atomic E-state index is 12.4. The van der Waals surface area contributed by atoms with E-state index in [0.717, 1.165) is 29.8 Å². The number of aromatic carboxylic acids is 1. The molecule has 2 amide bonds. The molecular weight excluding hydrogens is 318 g/mol. The van der Waals surface area contributed by atoms with Gasteiger partial charge in [-0.15, -0.1) is 0 Å². The minimum absolute atomic E-state index is 0.129. The van der Waals surface area contributed by atoms with Crippen LogP contribution in [0, 0.1) is 6.92 Å². The number of amides is 2. The number of hydrogen-bond acceptors (Lipinski definition) is 3. The second-order valence-corrected chi connectivity index (χ2v) is 6.27. The van der Waals surface area contributed by atoms with Crippen molar-refractivity contribution in [3.63, 3.8) is 0 Å². The highest BCUT2D eigenvalue weighted by atomic mass is 16.4. The lowest BCUT2D eigenvalue weighted by molar-refractivity contribution is 0.0694. The number of piperidine rings is 1. The summed E-state index contributed by atoms with van der Waals surface area (Å²) in [6.45, 7) is 3.09. The summed E-state index contributed by atoms with van der Waals surface area (Å²) in [6.07, 6.45) is 3.18. The van der Waals surface area contributed by atoms with Gasteiger partial charge in [0.2, 0.25) is 0 Å². The first-order valence-corrected chi connectivity index (χ1v) is 8.35. The van der Waals surface area contributed by atoms with Crippen LogP contribution < -0.4 is 5.32 Å². The molecule has 1 aromatic carbocycles. The monoisotopic (exact) mass is 339 g/mol. The highest BCUT2D eigenvalue weighted by Gasteiger charge is 2.26. The number of aromatic nitrogens is 1. The number of pyridine rings is 1. The summed E-state index contributed by atoms with van der Waals surface area (Å²) in [6, 6.07) is 10.6. The van der Waals surface area contributed by atoms with Crippen molar-refractivity contribution in [2.45, 2.75) is 25.7 Å². The van der Waals surface area contributed by atoms with Crippen molar-refractivity contribution in [1.82, 2.24) is 9.88 Å². The van der Waals surface area contributed by atoms with Crippen LogP contribution in [-0.4, -0.2) is 40.1 Å². The lowest BCUT2D eigenvalue weighted by atomic mass is 9.86. The number of carbonyl (C=O) groups is 2. The highest BCUT2D eigenvalue weighted by molar-refractivity contribution is 5.90. The molecule has 3 rings (SSSR count). The topological polar surface area (TPSA) is 82.5 Å². The average Bonchev–Trinajstić information content (AvgIpc) is 2.62. The van der Waals surface area contributed by atoms with Gasteiger partial charge in [0, 0.05) is 30.7 Å². The minimum Gasteiger partial charge on any atom is -0.478 e. The van der Waals surface area contributed by atoms with Crippen LogP contribution in [0.1, 0.15) is 40.4 Å². The fourth-order valence-electron chi connectivity index (χ4n) is 3.27. The smallest absolute Gasteiger partial charge is 0.335 e. The van der Waals surface area contributed by atoms with Crippen LogP contribution in [0.2, 0.25) is 0 Å². The van der Waals surface area contributed by atoms with E-state index in [1.807, 2.05) is 25.1 Å². The number of carboxylic acid groups (broad SMARTS) is 1. The molecule has 2 aromatic rings. The van der Waals surface area contributed by atoms with Gasteiger partial charge < -0.3 is 15.3 Å². The van der Waals surface area contributed by atoms with Crippen LogP contribution >= 0.6 is 0 Å². The summed E-state index contributed by atoms with van der Waals surface area (Å²) in [7, 11) is 0. The SMILES string of the molecule is Cc1cc(NC(=O)N2CCC(c3ccccc3C(=O)O)CC2)ccn1. The second kappa shape index (κ2) is 7.34. The molecule has 1 aliphatic heterocycles. The van der Waals surface area contributed by atoms with E-state index < -0.39 is 5.97 Å². The third-order valence-corrected chi connectivity index (χ3v) is 4.56. The molecule has 0 saturated carbocycles. The Labute approximate surface area is 146 Å². The molecule has 6 heteroatoms. The number of hydrogen-bond donors (Lipinski definition) is 2. The van der Waals surface area contributed by atoms with Gasteiger partial charge in [0.25, 0.3) is 0 Å². The number of nitrogens with zero attached hydrogens (tertiary/aromatic N) is 2. The summed E-state index contributed by atoms with van der Waals surface area (Å²) in [5, 5.41) is 12.2. The molecular formula is C19H21N3O3. The van der Waals surface area contributed by atoms with E-state index in [4.69, 9.17) is 0 Å². The standard InChI is InChI=1S/C19H21N3O3/c1-13-12-15(6-9-20-13)21-19(25)22-10-7-14(8-11-22)16-4-2-3-5-17(16)18(23)24/h2-6,9,12,14H,7-8,10-11H2,1H3,(H,23,24)(H,20,21,25). The number of anilines is 1. The number of benzene rings is 1. The zero-order valence-electron chi connectivity index (χ0n) is 14.1. The van der Waals surface area contributed by atoms with E-state index in [1.165, 1.54) is 0 Å². The van der Waals surface area contributed by atoms with E-state index in [2.05, 4.69) is 10.3 Å². The van der Waals surface area contributed by atoms with Crippen molar-refractivity contribution in [1.29, 1.82) is 0 Å². The lowest BCUT2D eigenvalue weighted by Gasteiger charge is -2.32. The lowest BCUT2D eigenvalue weighted by Crippen LogP contribution is -2.40. The number of aryl methyl sites for hydroxylation is 1. The number of urea groups is 1. The Morgan fingerprint density at radius 1 is 1.20 bits per heavy atom. The minimum atomic E-state index is -0.899. The van der Waals surface area contributed by atoms with Crippen LogP contribution in [0.4, 0.5) is 10.5 Å². The van der Waals surface area contributed by atoms with E-state index in [0.29, 0.717) is 18.7 Å². The highest BCUT2D eigenvalue weighted by Crippen LogP contribution is 2.30. The Hall–Kier alpha value is -2.89. The number of likely N-dealkylation sites (tertiary alicyclic amines) is 1. The molecule has 2 N–H and O–H groups in total. The van der Waals surface area contributed by atoms with Crippen LogP contribution in [-0.2, 0) is 0 Å². The van der Waals surface area contributed by atoms with Gasteiger partial charge in [0.1, 0.15) is 0 Å². The molecule has 1 aliphatic rings. The largest absolute Gasteiger partial charge is 0.478 e. The Morgan fingerprint density at radius 3 is 2.60 bits per heavy atom. The Kier molecular flexibility index (Phi) is 4.97. The summed E-state index contributed by atoms with van der Waals surface area (Å²) >= 11 is 0. The number of carboxylic acids is 1. The molecule has 1 aromatic heterocycles. The molecule has 2 heterocycles. The van der Waals surface area contributed by atoms with Crippen molar-refractivity contribution in [2.24, 2.45) is 0 Å². The van der Waals surface area contributed by atoms with Crippen molar-refractivity contribution < 1.29 is 14.7 Å². The molecule has 0 bridgehead atoms. The first-order valence-electron chi connectivity index (χ1n) is 8.35. The van der Waals surface area contributed by atoms with Crippen LogP contribution in [0.5, 0.6) is 0 Å². The maximum Gasteiger partial charge on any atom is 0.335 e. The van der Waals surface area contributed by atoms with Crippen LogP contribution in [0.3, 0.4) is 0 Å². The summed E-state index contributed by atoms with van der Waals surface area (Å²) in [5.41, 5.74) is 2.80. The van der Waals surface area contributed by atoms with Gasteiger partial charge in [-0.25, -0.2) is 9.59 Å². The van der Waals surface area contributed by atoms with E-state index in [-0.39, 0.29) is 11.9 Å². The van der Waals surface area contributed by atoms with E-state index >= 15 is 0 Å². The zero-order chi connectivity index (χ0) is 17.8. The quantitative estimate of drug-likeness (QED) is 0.896. The normalized spacial score (nSPS) is 15.0. The molecule has 0 spiro atoms. The number of rotatable bonds is 3. The Morgan fingerprint density at radius 2 is 1.92 bits per heavy atom. The summed E-state index contributed by atoms with van der Waals surface area (Å²) in [4.78, 5) is 29.7. The molecule has 0 radical (unpaired) electrons. The first kappa shape index (κ1) is 17.0. The first-order chi connectivity index (χ1) is 12.0. The fraction of sp³-hybridized carbons (Fsp3) is 0.316. The molecule has 130 valence electrons. The molecule has 6 nitrogen and oxygen atoms in total. The maximum atomic E-state index is 12.4. The second-order valence-electron chi connectivity index (χ2n) is 6.27. The summed E-state index contributed by atoms with van der Waals surface area (Å²) in [5.74, 6) is -0.733. The molecule has 0 aliphatic carbocycles. The van der Waals surface area contributed by atoms with Gasteiger partial charge in [-0.3, -0.25) is 4.98 Å². The molecule has 0 atom stereocenters. The van der Waals surface area contributed by atoms with E-state index in [1.54, 1.807) is 29.3 Å². The van der Waals surface area contributed by atoms with E-state index in [9.17, 15) is 14.7 Å². The van der Waals surface area contributed by atoms with Crippen molar-refractivity contribution in [2.75, 3.05) is 18.4 Å². The van der Waals surface area contributed by atoms with Gasteiger partial charge in [0.05, 0.1) is 5.56 Å².